The van der Waals surface area contributed by atoms with E-state index in [9.17, 15) is 9.18 Å². The number of nitrogens with one attached hydrogen (secondary N) is 1. The molecule has 0 unspecified atom stereocenters. The van der Waals surface area contributed by atoms with Crippen molar-refractivity contribution in [2.75, 3.05) is 18.2 Å². The molecular formula is C14H13FN2O2. The molecule has 0 aliphatic carbocycles. The number of carbonyl (C=O) groups is 1. The second-order valence-corrected chi connectivity index (χ2v) is 3.93. The van der Waals surface area contributed by atoms with Crippen molar-refractivity contribution in [3.63, 3.8) is 0 Å². The first-order chi connectivity index (χ1) is 9.10. The van der Waals surface area contributed by atoms with Gasteiger partial charge in [-0.1, -0.05) is 6.07 Å². The second-order valence-electron chi connectivity index (χ2n) is 3.93. The van der Waals surface area contributed by atoms with Crippen LogP contribution in [-0.4, -0.2) is 13.0 Å². The maximum atomic E-state index is 13.5. The first kappa shape index (κ1) is 12.9. The van der Waals surface area contributed by atoms with E-state index >= 15 is 0 Å². The molecule has 0 spiro atoms. The fraction of sp³-hybridized carbons (Fsp3) is 0.0714. The van der Waals surface area contributed by atoms with E-state index in [1.165, 1.54) is 19.2 Å². The van der Waals surface area contributed by atoms with Gasteiger partial charge in [0.05, 0.1) is 7.11 Å². The maximum absolute atomic E-state index is 13.5. The molecule has 0 bridgehead atoms. The average molecular weight is 260 g/mol. The molecule has 0 radical (unpaired) electrons. The number of methoxy groups -OCH3 is 1. The van der Waals surface area contributed by atoms with E-state index in [0.29, 0.717) is 16.9 Å². The molecule has 5 heteroatoms. The van der Waals surface area contributed by atoms with Gasteiger partial charge in [0.1, 0.15) is 0 Å². The summed E-state index contributed by atoms with van der Waals surface area (Å²) in [5, 5.41) is 2.59. The summed E-state index contributed by atoms with van der Waals surface area (Å²) in [7, 11) is 1.38. The molecule has 2 rings (SSSR count). The van der Waals surface area contributed by atoms with Crippen molar-refractivity contribution in [2.45, 2.75) is 0 Å². The Hall–Kier alpha value is -2.56. The van der Waals surface area contributed by atoms with Gasteiger partial charge in [0, 0.05) is 23.0 Å². The largest absolute Gasteiger partial charge is 0.494 e. The zero-order valence-electron chi connectivity index (χ0n) is 10.3. The molecule has 0 atom stereocenters. The topological polar surface area (TPSA) is 64.3 Å². The summed E-state index contributed by atoms with van der Waals surface area (Å²) in [5.41, 5.74) is 6.85. The van der Waals surface area contributed by atoms with Crippen LogP contribution >= 0.6 is 0 Å². The molecule has 98 valence electrons. The average Bonchev–Trinajstić information content (AvgIpc) is 2.39. The SMILES string of the molecule is COc1ccc(NC(=O)c2cccc(N)c2)cc1F. The Morgan fingerprint density at radius 3 is 2.68 bits per heavy atom. The minimum absolute atomic E-state index is 0.127. The lowest BCUT2D eigenvalue weighted by atomic mass is 10.2. The zero-order chi connectivity index (χ0) is 13.8. The first-order valence-corrected chi connectivity index (χ1v) is 5.60. The van der Waals surface area contributed by atoms with Crippen LogP contribution in [0.3, 0.4) is 0 Å². The summed E-state index contributed by atoms with van der Waals surface area (Å²) in [4.78, 5) is 11.9. The molecule has 0 aliphatic heterocycles. The van der Waals surface area contributed by atoms with E-state index in [1.807, 2.05) is 0 Å². The number of ether oxygens (including phenoxy) is 1. The van der Waals surface area contributed by atoms with E-state index in [1.54, 1.807) is 30.3 Å². The number of hydrogen-bond acceptors (Lipinski definition) is 3. The summed E-state index contributed by atoms with van der Waals surface area (Å²) < 4.78 is 18.3. The molecule has 1 amide bonds. The number of nitrogen functional groups attached to an aromatic ring is 1. The van der Waals surface area contributed by atoms with E-state index in [4.69, 9.17) is 10.5 Å². The fourth-order valence-corrected chi connectivity index (χ4v) is 1.63. The van der Waals surface area contributed by atoms with Crippen LogP contribution in [0.2, 0.25) is 0 Å². The number of amides is 1. The third-order valence-corrected chi connectivity index (χ3v) is 2.56. The molecule has 0 fully saturated rings. The summed E-state index contributed by atoms with van der Waals surface area (Å²) in [6.45, 7) is 0. The van der Waals surface area contributed by atoms with Gasteiger partial charge in [-0.25, -0.2) is 4.39 Å². The molecular weight excluding hydrogens is 247 g/mol. The smallest absolute Gasteiger partial charge is 0.255 e. The summed E-state index contributed by atoms with van der Waals surface area (Å²) in [6.07, 6.45) is 0. The van der Waals surface area contributed by atoms with Gasteiger partial charge in [-0.2, -0.15) is 0 Å². The summed E-state index contributed by atoms with van der Waals surface area (Å²) in [5.74, 6) is -0.758. The molecule has 4 nitrogen and oxygen atoms in total. The van der Waals surface area contributed by atoms with Crippen LogP contribution in [0.4, 0.5) is 15.8 Å². The van der Waals surface area contributed by atoms with Gasteiger partial charge in [0.15, 0.2) is 11.6 Å². The van der Waals surface area contributed by atoms with Gasteiger partial charge in [0.25, 0.3) is 5.91 Å². The first-order valence-electron chi connectivity index (χ1n) is 5.60. The van der Waals surface area contributed by atoms with E-state index in [0.717, 1.165) is 0 Å². The van der Waals surface area contributed by atoms with Crippen molar-refractivity contribution >= 4 is 17.3 Å². The van der Waals surface area contributed by atoms with Gasteiger partial charge in [-0.15, -0.1) is 0 Å². The van der Waals surface area contributed by atoms with Gasteiger partial charge >= 0.3 is 0 Å². The van der Waals surface area contributed by atoms with Crippen LogP contribution in [0.5, 0.6) is 5.75 Å². The minimum Gasteiger partial charge on any atom is -0.494 e. The highest BCUT2D eigenvalue weighted by Crippen LogP contribution is 2.21. The fourth-order valence-electron chi connectivity index (χ4n) is 1.63. The molecule has 0 heterocycles. The van der Waals surface area contributed by atoms with E-state index in [-0.39, 0.29) is 11.7 Å². The standard InChI is InChI=1S/C14H13FN2O2/c1-19-13-6-5-11(8-12(13)15)17-14(18)9-3-2-4-10(16)7-9/h2-8H,16H2,1H3,(H,17,18). The lowest BCUT2D eigenvalue weighted by molar-refractivity contribution is 0.102. The van der Waals surface area contributed by atoms with E-state index < -0.39 is 5.82 Å². The van der Waals surface area contributed by atoms with Crippen molar-refractivity contribution in [3.05, 3.63) is 53.8 Å². The molecule has 0 aliphatic rings. The van der Waals surface area contributed by atoms with Crippen LogP contribution in [-0.2, 0) is 0 Å². The Morgan fingerprint density at radius 2 is 2.05 bits per heavy atom. The number of carbonyl (C=O) groups excluding carboxylic acids is 1. The van der Waals surface area contributed by atoms with Gasteiger partial charge in [-0.3, -0.25) is 4.79 Å². The predicted molar refractivity (Wildman–Crippen MR) is 71.8 cm³/mol. The van der Waals surface area contributed by atoms with Gasteiger partial charge in [0.2, 0.25) is 0 Å². The Kier molecular flexibility index (Phi) is 3.66. The highest BCUT2D eigenvalue weighted by molar-refractivity contribution is 6.04. The van der Waals surface area contributed by atoms with Crippen LogP contribution < -0.4 is 15.8 Å². The number of rotatable bonds is 3. The lowest BCUT2D eigenvalue weighted by Crippen LogP contribution is -2.12. The predicted octanol–water partition coefficient (Wildman–Crippen LogP) is 2.67. The van der Waals surface area contributed by atoms with Crippen LogP contribution in [0.15, 0.2) is 42.5 Å². The summed E-state index contributed by atoms with van der Waals surface area (Å²) in [6, 6.07) is 10.8. The third-order valence-electron chi connectivity index (χ3n) is 2.56. The van der Waals surface area contributed by atoms with Gasteiger partial charge < -0.3 is 15.8 Å². The lowest BCUT2D eigenvalue weighted by Gasteiger charge is -2.07. The van der Waals surface area contributed by atoms with Crippen molar-refractivity contribution < 1.29 is 13.9 Å². The number of anilines is 2. The Balaban J connectivity index is 2.17. The molecule has 0 saturated heterocycles. The normalized spacial score (nSPS) is 10.0. The van der Waals surface area contributed by atoms with Crippen LogP contribution in [0, 0.1) is 5.82 Å². The minimum atomic E-state index is -0.534. The molecule has 0 aromatic heterocycles. The quantitative estimate of drug-likeness (QED) is 0.834. The number of halogens is 1. The second kappa shape index (κ2) is 5.39. The van der Waals surface area contributed by atoms with Crippen molar-refractivity contribution in [3.8, 4) is 5.75 Å². The van der Waals surface area contributed by atoms with Crippen LogP contribution in [0.25, 0.3) is 0 Å². The monoisotopic (exact) mass is 260 g/mol. The third kappa shape index (κ3) is 3.01. The van der Waals surface area contributed by atoms with E-state index in [2.05, 4.69) is 5.32 Å². The maximum Gasteiger partial charge on any atom is 0.255 e. The van der Waals surface area contributed by atoms with Crippen molar-refractivity contribution in [1.29, 1.82) is 0 Å². The Bertz CT molecular complexity index is 614. The summed E-state index contributed by atoms with van der Waals surface area (Å²) >= 11 is 0. The molecule has 2 aromatic rings. The number of nitrogens with two attached hydrogens (primary N) is 1. The molecule has 0 saturated carbocycles. The number of benzene rings is 2. The molecule has 3 N–H and O–H groups in total. The van der Waals surface area contributed by atoms with Gasteiger partial charge in [-0.05, 0) is 30.3 Å². The highest BCUT2D eigenvalue weighted by Gasteiger charge is 2.08. The van der Waals surface area contributed by atoms with Crippen molar-refractivity contribution in [2.24, 2.45) is 0 Å². The highest BCUT2D eigenvalue weighted by atomic mass is 19.1. The zero-order valence-corrected chi connectivity index (χ0v) is 10.3. The van der Waals surface area contributed by atoms with Crippen molar-refractivity contribution in [1.82, 2.24) is 0 Å². The molecule has 19 heavy (non-hydrogen) atoms. The molecule has 2 aromatic carbocycles. The number of hydrogen-bond donors (Lipinski definition) is 2. The Labute approximate surface area is 110 Å². The van der Waals surface area contributed by atoms with Crippen LogP contribution in [0.1, 0.15) is 10.4 Å². The Morgan fingerprint density at radius 1 is 1.26 bits per heavy atom.